The van der Waals surface area contributed by atoms with Crippen molar-refractivity contribution >= 4 is 0 Å². The van der Waals surface area contributed by atoms with Crippen molar-refractivity contribution in [2.45, 2.75) is 66.2 Å². The van der Waals surface area contributed by atoms with E-state index in [1.165, 1.54) is 44.1 Å². The Hall–Kier alpha value is -0.780. The van der Waals surface area contributed by atoms with Gasteiger partial charge >= 0.3 is 0 Å². The molecule has 1 atom stereocenters. The standard InChI is InChI=1S/C20H32/c1-16-8-10-18(11-9-16)13-12-17-6-5-7-19(15-14-17)20(2,3)4/h5-7,14-16,18-19H,8-13H2,1-4H3. The van der Waals surface area contributed by atoms with Crippen LogP contribution in [0.3, 0.4) is 0 Å². The Morgan fingerprint density at radius 2 is 1.75 bits per heavy atom. The maximum atomic E-state index is 2.41. The van der Waals surface area contributed by atoms with Crippen LogP contribution in [0, 0.1) is 23.2 Å². The molecule has 1 unspecified atom stereocenters. The molecule has 0 radical (unpaired) electrons. The van der Waals surface area contributed by atoms with Gasteiger partial charge < -0.3 is 0 Å². The van der Waals surface area contributed by atoms with Crippen LogP contribution >= 0.6 is 0 Å². The maximum Gasteiger partial charge on any atom is 0.000147 e. The lowest BCUT2D eigenvalue weighted by molar-refractivity contribution is 0.278. The van der Waals surface area contributed by atoms with E-state index in [-0.39, 0.29) is 0 Å². The topological polar surface area (TPSA) is 0 Å². The number of hydrogen-bond donors (Lipinski definition) is 0. The molecule has 0 heterocycles. The summed E-state index contributed by atoms with van der Waals surface area (Å²) in [6, 6.07) is 0. The highest BCUT2D eigenvalue weighted by molar-refractivity contribution is 5.29. The van der Waals surface area contributed by atoms with E-state index < -0.39 is 0 Å². The quantitative estimate of drug-likeness (QED) is 0.565. The second-order valence-corrected chi connectivity index (χ2v) is 8.04. The van der Waals surface area contributed by atoms with Crippen LogP contribution in [0.5, 0.6) is 0 Å². The molecule has 0 spiro atoms. The summed E-state index contributed by atoms with van der Waals surface area (Å²) in [6.45, 7) is 9.37. The highest BCUT2D eigenvalue weighted by atomic mass is 14.3. The van der Waals surface area contributed by atoms with Gasteiger partial charge in [0.1, 0.15) is 0 Å². The first-order valence-electron chi connectivity index (χ1n) is 8.50. The molecule has 1 saturated carbocycles. The number of hydrogen-bond acceptors (Lipinski definition) is 0. The van der Waals surface area contributed by atoms with E-state index in [0.717, 1.165) is 11.8 Å². The van der Waals surface area contributed by atoms with E-state index >= 15 is 0 Å². The molecular formula is C20H32. The Labute approximate surface area is 126 Å². The fourth-order valence-electron chi connectivity index (χ4n) is 3.38. The van der Waals surface area contributed by atoms with Crippen molar-refractivity contribution in [3.63, 3.8) is 0 Å². The van der Waals surface area contributed by atoms with Gasteiger partial charge in [0.15, 0.2) is 0 Å². The lowest BCUT2D eigenvalue weighted by atomic mass is 9.80. The molecule has 0 aliphatic heterocycles. The van der Waals surface area contributed by atoms with Gasteiger partial charge in [-0.05, 0) is 35.7 Å². The summed E-state index contributed by atoms with van der Waals surface area (Å²) >= 11 is 0. The van der Waals surface area contributed by atoms with Crippen LogP contribution in [0.2, 0.25) is 0 Å². The molecule has 2 rings (SSSR count). The van der Waals surface area contributed by atoms with E-state index in [1.807, 2.05) is 0 Å². The smallest absolute Gasteiger partial charge is 0.000147 e. The van der Waals surface area contributed by atoms with Crippen molar-refractivity contribution in [1.82, 2.24) is 0 Å². The third kappa shape index (κ3) is 4.65. The first-order valence-corrected chi connectivity index (χ1v) is 8.50. The molecular weight excluding hydrogens is 240 g/mol. The van der Waals surface area contributed by atoms with Gasteiger partial charge in [-0.3, -0.25) is 0 Å². The van der Waals surface area contributed by atoms with Crippen LogP contribution in [-0.4, -0.2) is 0 Å². The average Bonchev–Trinajstić information content (AvgIpc) is 2.63. The summed E-state index contributed by atoms with van der Waals surface area (Å²) in [5, 5.41) is 0. The Kier molecular flexibility index (Phi) is 5.29. The fourth-order valence-corrected chi connectivity index (χ4v) is 3.38. The van der Waals surface area contributed by atoms with Crippen LogP contribution in [0.1, 0.15) is 66.2 Å². The normalized spacial score (nSPS) is 31.0. The highest BCUT2D eigenvalue weighted by Gasteiger charge is 2.21. The zero-order valence-electron chi connectivity index (χ0n) is 13.9. The zero-order chi connectivity index (χ0) is 14.6. The Morgan fingerprint density at radius 3 is 2.40 bits per heavy atom. The van der Waals surface area contributed by atoms with Crippen molar-refractivity contribution in [2.24, 2.45) is 23.2 Å². The fraction of sp³-hybridized carbons (Fsp3) is 0.700. The maximum absolute atomic E-state index is 2.41. The van der Waals surface area contributed by atoms with Gasteiger partial charge in [0.05, 0.1) is 0 Å². The van der Waals surface area contributed by atoms with Gasteiger partial charge in [0, 0.05) is 5.92 Å². The van der Waals surface area contributed by atoms with Gasteiger partial charge in [0.25, 0.3) is 0 Å². The van der Waals surface area contributed by atoms with E-state index in [0.29, 0.717) is 11.3 Å². The molecule has 1 fully saturated rings. The first kappa shape index (κ1) is 15.6. The molecule has 0 aromatic heterocycles. The van der Waals surface area contributed by atoms with Gasteiger partial charge in [0.2, 0.25) is 0 Å². The minimum Gasteiger partial charge on any atom is -0.0771 e. The Bertz CT molecular complexity index is 381. The summed E-state index contributed by atoms with van der Waals surface area (Å²) in [4.78, 5) is 0. The molecule has 2 aliphatic carbocycles. The predicted molar refractivity (Wildman–Crippen MR) is 89.7 cm³/mol. The molecule has 112 valence electrons. The molecule has 0 aromatic rings. The Balaban J connectivity index is 1.82. The molecule has 0 nitrogen and oxygen atoms in total. The van der Waals surface area contributed by atoms with Crippen molar-refractivity contribution < 1.29 is 0 Å². The molecule has 0 saturated heterocycles. The minimum absolute atomic E-state index is 0.329. The largest absolute Gasteiger partial charge is 0.0771 e. The number of allylic oxidation sites excluding steroid dienone is 6. The van der Waals surface area contributed by atoms with Gasteiger partial charge in [-0.2, -0.15) is 0 Å². The van der Waals surface area contributed by atoms with Crippen molar-refractivity contribution in [1.29, 1.82) is 0 Å². The summed E-state index contributed by atoms with van der Waals surface area (Å²) in [5.41, 5.74) is 1.85. The predicted octanol–water partition coefficient (Wildman–Crippen LogP) is 6.31. The molecule has 2 aliphatic rings. The highest BCUT2D eigenvalue weighted by Crippen LogP contribution is 2.33. The van der Waals surface area contributed by atoms with E-state index in [4.69, 9.17) is 0 Å². The molecule has 0 amide bonds. The lowest BCUT2D eigenvalue weighted by Crippen LogP contribution is -2.15. The summed E-state index contributed by atoms with van der Waals surface area (Å²) < 4.78 is 0. The van der Waals surface area contributed by atoms with E-state index in [2.05, 4.69) is 58.1 Å². The zero-order valence-corrected chi connectivity index (χ0v) is 13.9. The second-order valence-electron chi connectivity index (χ2n) is 8.04. The van der Waals surface area contributed by atoms with Crippen LogP contribution in [0.25, 0.3) is 0 Å². The van der Waals surface area contributed by atoms with Crippen LogP contribution < -0.4 is 0 Å². The average molecular weight is 272 g/mol. The van der Waals surface area contributed by atoms with Gasteiger partial charge in [-0.15, -0.1) is 0 Å². The number of rotatable bonds is 3. The minimum atomic E-state index is 0.329. The molecule has 0 aromatic carbocycles. The van der Waals surface area contributed by atoms with Crippen LogP contribution in [-0.2, 0) is 0 Å². The second kappa shape index (κ2) is 6.78. The van der Waals surface area contributed by atoms with Crippen molar-refractivity contribution in [3.05, 3.63) is 36.0 Å². The monoisotopic (exact) mass is 272 g/mol. The van der Waals surface area contributed by atoms with Gasteiger partial charge in [-0.25, -0.2) is 0 Å². The SMILES string of the molecule is CC1CCC(CCC2=CC=CC(C(C)(C)C)C=C2)CC1. The van der Waals surface area contributed by atoms with Crippen molar-refractivity contribution in [3.8, 4) is 0 Å². The summed E-state index contributed by atoms with van der Waals surface area (Å²) in [7, 11) is 0. The molecule has 0 bridgehead atoms. The van der Waals surface area contributed by atoms with Crippen LogP contribution in [0.4, 0.5) is 0 Å². The molecule has 0 heteroatoms. The molecule has 0 N–H and O–H groups in total. The first-order chi connectivity index (χ1) is 9.45. The van der Waals surface area contributed by atoms with Crippen LogP contribution in [0.15, 0.2) is 36.0 Å². The third-order valence-electron chi connectivity index (χ3n) is 5.12. The van der Waals surface area contributed by atoms with Crippen molar-refractivity contribution in [2.75, 3.05) is 0 Å². The lowest BCUT2D eigenvalue weighted by Gasteiger charge is -2.26. The van der Waals surface area contributed by atoms with E-state index in [9.17, 15) is 0 Å². The Morgan fingerprint density at radius 1 is 1.05 bits per heavy atom. The summed E-state index contributed by atoms with van der Waals surface area (Å²) in [6.07, 6.45) is 20.2. The third-order valence-corrected chi connectivity index (χ3v) is 5.12. The summed E-state index contributed by atoms with van der Waals surface area (Å²) in [5.74, 6) is 2.51. The van der Waals surface area contributed by atoms with E-state index in [1.54, 1.807) is 0 Å². The van der Waals surface area contributed by atoms with Gasteiger partial charge in [-0.1, -0.05) is 83.8 Å². The molecule has 20 heavy (non-hydrogen) atoms.